The van der Waals surface area contributed by atoms with Crippen LogP contribution in [0.25, 0.3) is 0 Å². The fraction of sp³-hybridized carbons (Fsp3) is 0.933. The van der Waals surface area contributed by atoms with Crippen molar-refractivity contribution in [2.75, 3.05) is 32.4 Å². The second kappa shape index (κ2) is 7.75. The largest absolute Gasteiger partial charge is 0.344 e. The highest BCUT2D eigenvalue weighted by Crippen LogP contribution is 2.24. The third kappa shape index (κ3) is 4.93. The van der Waals surface area contributed by atoms with E-state index in [9.17, 15) is 13.2 Å². The summed E-state index contributed by atoms with van der Waals surface area (Å²) in [7, 11) is -1.61. The van der Waals surface area contributed by atoms with E-state index in [1.54, 1.807) is 11.9 Å². The molecule has 130 valence electrons. The Bertz CT molecular complexity index is 476. The predicted molar refractivity (Wildman–Crippen MR) is 88.9 cm³/mol. The molecule has 1 aliphatic heterocycles. The minimum Gasteiger partial charge on any atom is -0.344 e. The van der Waals surface area contributed by atoms with Crippen molar-refractivity contribution in [3.63, 3.8) is 0 Å². The van der Waals surface area contributed by atoms with Crippen molar-refractivity contribution in [2.24, 2.45) is 11.1 Å². The molecule has 0 aromatic rings. The van der Waals surface area contributed by atoms with Gasteiger partial charge in [-0.3, -0.25) is 4.79 Å². The smallest absolute Gasteiger partial charge is 0.240 e. The van der Waals surface area contributed by atoms with Crippen LogP contribution in [0.1, 0.15) is 46.5 Å². The maximum atomic E-state index is 12.6. The first-order valence-electron chi connectivity index (χ1n) is 8.09. The van der Waals surface area contributed by atoms with E-state index in [2.05, 4.69) is 0 Å². The molecule has 7 heteroatoms. The minimum absolute atomic E-state index is 0.112. The summed E-state index contributed by atoms with van der Waals surface area (Å²) in [6.45, 7) is 7.43. The van der Waals surface area contributed by atoms with E-state index in [1.807, 2.05) is 20.8 Å². The molecular weight excluding hydrogens is 302 g/mol. The normalized spacial score (nSPS) is 20.3. The SMILES string of the molecule is CCCCS(=O)(=O)N1CCCC1C(=O)N(C)CC(C)(C)CN. The molecular formula is C15H31N3O3S. The van der Waals surface area contributed by atoms with Crippen LogP contribution in [0.4, 0.5) is 0 Å². The van der Waals surface area contributed by atoms with Gasteiger partial charge in [0, 0.05) is 20.1 Å². The molecule has 1 heterocycles. The van der Waals surface area contributed by atoms with E-state index < -0.39 is 16.1 Å². The average molecular weight is 333 g/mol. The Labute approximate surface area is 135 Å². The number of nitrogens with zero attached hydrogens (tertiary/aromatic N) is 2. The van der Waals surface area contributed by atoms with Crippen molar-refractivity contribution in [1.82, 2.24) is 9.21 Å². The van der Waals surface area contributed by atoms with Gasteiger partial charge in [0.25, 0.3) is 0 Å². The lowest BCUT2D eigenvalue weighted by Crippen LogP contribution is -2.49. The number of unbranched alkanes of at least 4 members (excludes halogenated alkanes) is 1. The summed E-state index contributed by atoms with van der Waals surface area (Å²) in [5.41, 5.74) is 5.54. The summed E-state index contributed by atoms with van der Waals surface area (Å²) < 4.78 is 26.2. The van der Waals surface area contributed by atoms with Crippen LogP contribution in [0.15, 0.2) is 0 Å². The van der Waals surface area contributed by atoms with Gasteiger partial charge in [0.05, 0.1) is 5.75 Å². The van der Waals surface area contributed by atoms with Gasteiger partial charge in [0.1, 0.15) is 6.04 Å². The van der Waals surface area contributed by atoms with Crippen LogP contribution in [0.2, 0.25) is 0 Å². The maximum Gasteiger partial charge on any atom is 0.240 e. The molecule has 0 saturated carbocycles. The molecule has 0 radical (unpaired) electrons. The Kier molecular flexibility index (Phi) is 6.83. The van der Waals surface area contributed by atoms with Crippen molar-refractivity contribution in [3.8, 4) is 0 Å². The molecule has 2 N–H and O–H groups in total. The highest BCUT2D eigenvalue weighted by atomic mass is 32.2. The van der Waals surface area contributed by atoms with Crippen LogP contribution < -0.4 is 5.73 Å². The van der Waals surface area contributed by atoms with E-state index in [4.69, 9.17) is 5.73 Å². The molecule has 0 aliphatic carbocycles. The molecule has 22 heavy (non-hydrogen) atoms. The number of hydrogen-bond donors (Lipinski definition) is 1. The fourth-order valence-corrected chi connectivity index (χ4v) is 4.68. The summed E-state index contributed by atoms with van der Waals surface area (Å²) in [6, 6.07) is -0.541. The Morgan fingerprint density at radius 1 is 1.41 bits per heavy atom. The number of rotatable bonds is 8. The molecule has 6 nitrogen and oxygen atoms in total. The second-order valence-electron chi connectivity index (χ2n) is 7.00. The summed E-state index contributed by atoms with van der Waals surface area (Å²) >= 11 is 0. The topological polar surface area (TPSA) is 83.7 Å². The van der Waals surface area contributed by atoms with Gasteiger partial charge in [0.15, 0.2) is 0 Å². The average Bonchev–Trinajstić information content (AvgIpc) is 2.94. The molecule has 0 bridgehead atoms. The quantitative estimate of drug-likeness (QED) is 0.719. The Balaban J connectivity index is 2.79. The number of carbonyl (C=O) groups excluding carboxylic acids is 1. The van der Waals surface area contributed by atoms with Gasteiger partial charge < -0.3 is 10.6 Å². The van der Waals surface area contributed by atoms with Crippen molar-refractivity contribution in [2.45, 2.75) is 52.5 Å². The van der Waals surface area contributed by atoms with E-state index in [0.717, 1.165) is 12.8 Å². The third-order valence-corrected chi connectivity index (χ3v) is 6.15. The molecule has 1 aliphatic rings. The van der Waals surface area contributed by atoms with E-state index in [-0.39, 0.29) is 17.1 Å². The van der Waals surface area contributed by atoms with Gasteiger partial charge in [-0.1, -0.05) is 27.2 Å². The predicted octanol–water partition coefficient (Wildman–Crippen LogP) is 1.02. The first-order chi connectivity index (χ1) is 10.1. The summed E-state index contributed by atoms with van der Waals surface area (Å²) in [5, 5.41) is 0. The zero-order valence-electron chi connectivity index (χ0n) is 14.3. The number of carbonyl (C=O) groups is 1. The number of likely N-dealkylation sites (N-methyl/N-ethyl adjacent to an activating group) is 1. The monoisotopic (exact) mass is 333 g/mol. The standard InChI is InChI=1S/C15H31N3O3S/c1-5-6-10-22(20,21)18-9-7-8-13(18)14(19)17(4)12-15(2,3)11-16/h13H,5-12,16H2,1-4H3. The number of sulfonamides is 1. The summed E-state index contributed by atoms with van der Waals surface area (Å²) in [6.07, 6.45) is 2.82. The molecule has 1 saturated heterocycles. The number of hydrogen-bond acceptors (Lipinski definition) is 4. The molecule has 1 unspecified atom stereocenters. The maximum absolute atomic E-state index is 12.6. The van der Waals surface area contributed by atoms with Gasteiger partial charge in [-0.05, 0) is 31.2 Å². The van der Waals surface area contributed by atoms with E-state index >= 15 is 0 Å². The molecule has 1 rings (SSSR count). The lowest BCUT2D eigenvalue weighted by molar-refractivity contribution is -0.134. The summed E-state index contributed by atoms with van der Waals surface area (Å²) in [4.78, 5) is 14.3. The van der Waals surface area contributed by atoms with Gasteiger partial charge in [0.2, 0.25) is 15.9 Å². The van der Waals surface area contributed by atoms with Crippen LogP contribution in [0, 0.1) is 5.41 Å². The van der Waals surface area contributed by atoms with Crippen LogP contribution in [0.5, 0.6) is 0 Å². The zero-order chi connectivity index (χ0) is 17.0. The van der Waals surface area contributed by atoms with E-state index in [1.165, 1.54) is 4.31 Å². The van der Waals surface area contributed by atoms with Gasteiger partial charge >= 0.3 is 0 Å². The first-order valence-corrected chi connectivity index (χ1v) is 9.70. The zero-order valence-corrected chi connectivity index (χ0v) is 15.2. The van der Waals surface area contributed by atoms with Crippen LogP contribution >= 0.6 is 0 Å². The lowest BCUT2D eigenvalue weighted by atomic mass is 9.93. The second-order valence-corrected chi connectivity index (χ2v) is 9.04. The van der Waals surface area contributed by atoms with Crippen molar-refractivity contribution in [1.29, 1.82) is 0 Å². The molecule has 1 fully saturated rings. The minimum atomic E-state index is -3.34. The van der Waals surface area contributed by atoms with Crippen LogP contribution in [-0.2, 0) is 14.8 Å². The van der Waals surface area contributed by atoms with Gasteiger partial charge in [-0.2, -0.15) is 4.31 Å². The van der Waals surface area contributed by atoms with E-state index in [0.29, 0.717) is 32.5 Å². The fourth-order valence-electron chi connectivity index (χ4n) is 2.80. The number of nitrogens with two attached hydrogens (primary N) is 1. The Morgan fingerprint density at radius 3 is 2.59 bits per heavy atom. The Hall–Kier alpha value is -0.660. The lowest BCUT2D eigenvalue weighted by Gasteiger charge is -2.32. The summed E-state index contributed by atoms with van der Waals surface area (Å²) in [5.74, 6) is 0.0183. The number of amides is 1. The molecule has 0 aromatic heterocycles. The van der Waals surface area contributed by atoms with Crippen molar-refractivity contribution >= 4 is 15.9 Å². The van der Waals surface area contributed by atoms with Crippen LogP contribution in [0.3, 0.4) is 0 Å². The van der Waals surface area contributed by atoms with Gasteiger partial charge in [-0.25, -0.2) is 8.42 Å². The first kappa shape index (κ1) is 19.4. The molecule has 1 amide bonds. The van der Waals surface area contributed by atoms with Crippen molar-refractivity contribution in [3.05, 3.63) is 0 Å². The molecule has 1 atom stereocenters. The molecule has 0 aromatic carbocycles. The highest BCUT2D eigenvalue weighted by Gasteiger charge is 2.39. The Morgan fingerprint density at radius 2 is 2.05 bits per heavy atom. The molecule has 0 spiro atoms. The van der Waals surface area contributed by atoms with Crippen molar-refractivity contribution < 1.29 is 13.2 Å². The highest BCUT2D eigenvalue weighted by molar-refractivity contribution is 7.89. The van der Waals surface area contributed by atoms with Crippen LogP contribution in [-0.4, -0.2) is 62.0 Å². The third-order valence-electron chi connectivity index (χ3n) is 4.20. The van der Waals surface area contributed by atoms with Gasteiger partial charge in [-0.15, -0.1) is 0 Å².